The third kappa shape index (κ3) is 3.85. The van der Waals surface area contributed by atoms with Gasteiger partial charge in [0.25, 0.3) is 0 Å². The quantitative estimate of drug-likeness (QED) is 0.227. The van der Waals surface area contributed by atoms with Gasteiger partial charge < -0.3 is 4.74 Å². The molecule has 1 aliphatic heterocycles. The topological polar surface area (TPSA) is 9.23 Å². The van der Waals surface area contributed by atoms with Gasteiger partial charge in [0.1, 0.15) is 5.82 Å². The van der Waals surface area contributed by atoms with E-state index in [4.69, 9.17) is 4.74 Å². The number of ether oxygens (including phenoxy) is 1. The first-order valence-corrected chi connectivity index (χ1v) is 10.3. The van der Waals surface area contributed by atoms with Crippen LogP contribution in [-0.4, -0.2) is 0 Å². The molecule has 0 N–H and O–H groups in total. The highest BCUT2D eigenvalue weighted by Gasteiger charge is 2.28. The van der Waals surface area contributed by atoms with E-state index in [1.807, 2.05) is 6.92 Å². The minimum Gasteiger partial charge on any atom is -0.450 e. The molecule has 0 unspecified atom stereocenters. The van der Waals surface area contributed by atoms with Crippen LogP contribution in [0.25, 0.3) is 11.1 Å². The van der Waals surface area contributed by atoms with Gasteiger partial charge in [0, 0.05) is 23.1 Å². The first-order chi connectivity index (χ1) is 14.9. The molecule has 0 aliphatic carbocycles. The molecule has 3 aromatic carbocycles. The lowest BCUT2D eigenvalue weighted by Crippen LogP contribution is -2.10. The van der Waals surface area contributed by atoms with E-state index >= 15 is 0 Å². The van der Waals surface area contributed by atoms with Crippen molar-refractivity contribution in [3.05, 3.63) is 94.6 Å². The molecule has 0 spiro atoms. The fourth-order valence-corrected chi connectivity index (χ4v) is 3.94. The van der Waals surface area contributed by atoms with Crippen molar-refractivity contribution >= 4 is 0 Å². The van der Waals surface area contributed by atoms with Crippen molar-refractivity contribution in [2.24, 2.45) is 0 Å². The van der Waals surface area contributed by atoms with Crippen molar-refractivity contribution in [1.82, 2.24) is 0 Å². The average Bonchev–Trinajstić information content (AvgIpc) is 2.77. The number of fused-ring (bicyclic) bond motifs is 2. The molecule has 1 aliphatic rings. The van der Waals surface area contributed by atoms with E-state index in [0.717, 1.165) is 6.42 Å². The molecular formula is C26H22F4O. The first kappa shape index (κ1) is 21.2. The van der Waals surface area contributed by atoms with Crippen molar-refractivity contribution in [3.63, 3.8) is 0 Å². The van der Waals surface area contributed by atoms with E-state index in [1.54, 1.807) is 30.3 Å². The predicted octanol–water partition coefficient (Wildman–Crippen LogP) is 7.68. The highest BCUT2D eigenvalue weighted by molar-refractivity contribution is 5.69. The Morgan fingerprint density at radius 3 is 2.32 bits per heavy atom. The zero-order valence-electron chi connectivity index (χ0n) is 17.2. The van der Waals surface area contributed by atoms with Crippen LogP contribution < -0.4 is 4.74 Å². The van der Waals surface area contributed by atoms with Crippen molar-refractivity contribution in [2.75, 3.05) is 0 Å². The summed E-state index contributed by atoms with van der Waals surface area (Å²) in [5.41, 5.74) is 2.09. The minimum absolute atomic E-state index is 0.0536. The second kappa shape index (κ2) is 8.58. The molecule has 0 fully saturated rings. The number of hydrogen-bond donors (Lipinski definition) is 0. The maximum absolute atomic E-state index is 14.9. The number of halogens is 4. The minimum atomic E-state index is -1.20. The summed E-state index contributed by atoms with van der Waals surface area (Å²) < 4.78 is 64.6. The maximum Gasteiger partial charge on any atom is 0.202 e. The fourth-order valence-electron chi connectivity index (χ4n) is 3.94. The Kier molecular flexibility index (Phi) is 5.86. The van der Waals surface area contributed by atoms with Crippen molar-refractivity contribution < 1.29 is 22.3 Å². The van der Waals surface area contributed by atoms with Gasteiger partial charge in [-0.15, -0.1) is 6.58 Å². The lowest BCUT2D eigenvalue weighted by Gasteiger charge is -2.23. The lowest BCUT2D eigenvalue weighted by molar-refractivity contribution is 0.380. The first-order valence-electron chi connectivity index (χ1n) is 10.3. The van der Waals surface area contributed by atoms with Crippen LogP contribution in [0.4, 0.5) is 17.6 Å². The third-order valence-electron chi connectivity index (χ3n) is 5.58. The van der Waals surface area contributed by atoms with Crippen LogP contribution >= 0.6 is 0 Å². The van der Waals surface area contributed by atoms with Crippen LogP contribution in [0.2, 0.25) is 0 Å². The molecule has 0 bridgehead atoms. The van der Waals surface area contributed by atoms with Crippen molar-refractivity contribution in [2.45, 2.75) is 39.0 Å². The van der Waals surface area contributed by atoms with Gasteiger partial charge in [-0.2, -0.15) is 4.39 Å². The number of aryl methyl sites for hydroxylation is 2. The van der Waals surface area contributed by atoms with Crippen LogP contribution in [0, 0.1) is 23.3 Å². The summed E-state index contributed by atoms with van der Waals surface area (Å²) in [5, 5.41) is 0. The van der Waals surface area contributed by atoms with Crippen LogP contribution in [0.5, 0.6) is 11.5 Å². The van der Waals surface area contributed by atoms with Gasteiger partial charge >= 0.3 is 0 Å². The lowest BCUT2D eigenvalue weighted by atomic mass is 9.93. The summed E-state index contributed by atoms with van der Waals surface area (Å²) in [5.74, 6) is -3.73. The molecule has 3 aromatic rings. The molecule has 0 saturated heterocycles. The predicted molar refractivity (Wildman–Crippen MR) is 114 cm³/mol. The summed E-state index contributed by atoms with van der Waals surface area (Å²) in [4.78, 5) is 0. The molecular weight excluding hydrogens is 404 g/mol. The molecule has 0 atom stereocenters. The van der Waals surface area contributed by atoms with Gasteiger partial charge in [-0.3, -0.25) is 0 Å². The highest BCUT2D eigenvalue weighted by Crippen LogP contribution is 2.43. The summed E-state index contributed by atoms with van der Waals surface area (Å²) in [7, 11) is 0. The van der Waals surface area contributed by atoms with E-state index in [-0.39, 0.29) is 29.0 Å². The maximum atomic E-state index is 14.9. The Morgan fingerprint density at radius 2 is 1.61 bits per heavy atom. The van der Waals surface area contributed by atoms with E-state index in [0.29, 0.717) is 41.5 Å². The number of allylic oxidation sites excluding steroid dienone is 1. The van der Waals surface area contributed by atoms with Crippen LogP contribution in [0.15, 0.2) is 49.1 Å². The molecule has 160 valence electrons. The average molecular weight is 426 g/mol. The molecule has 0 amide bonds. The summed E-state index contributed by atoms with van der Waals surface area (Å²) in [6, 6.07) is 9.25. The monoisotopic (exact) mass is 426 g/mol. The Bertz CT molecular complexity index is 1170. The molecule has 31 heavy (non-hydrogen) atoms. The van der Waals surface area contributed by atoms with Crippen LogP contribution in [-0.2, 0) is 19.3 Å². The number of rotatable bonds is 6. The number of hydrogen-bond acceptors (Lipinski definition) is 1. The molecule has 1 heterocycles. The van der Waals surface area contributed by atoms with Gasteiger partial charge in [-0.1, -0.05) is 43.7 Å². The van der Waals surface area contributed by atoms with E-state index in [2.05, 4.69) is 6.58 Å². The SMILES string of the molecule is C=CCCc1ccc(-c2cc3c(c(F)c2F)Oc2c(ccc(CCC)c2F)C3)cc1F. The van der Waals surface area contributed by atoms with Crippen molar-refractivity contribution in [1.29, 1.82) is 0 Å². The van der Waals surface area contributed by atoms with Gasteiger partial charge in [-0.05, 0) is 48.1 Å². The molecule has 1 nitrogen and oxygen atoms in total. The standard InChI is InChI=1S/C26H22F4O/c1-3-5-7-15-8-10-17(14-21(15)27)20-13-19-12-18-11-9-16(6-4-2)22(28)25(18)31-26(19)24(30)23(20)29/h3,8-11,13-14H,1,4-7,12H2,2H3. The Morgan fingerprint density at radius 1 is 0.871 bits per heavy atom. The Hall–Kier alpha value is -3.08. The molecule has 5 heteroatoms. The zero-order valence-corrected chi connectivity index (χ0v) is 17.2. The summed E-state index contributed by atoms with van der Waals surface area (Å²) in [6.07, 6.45) is 4.26. The Labute approximate surface area is 179 Å². The van der Waals surface area contributed by atoms with Gasteiger partial charge in [0.2, 0.25) is 5.82 Å². The normalized spacial score (nSPS) is 12.2. The Balaban J connectivity index is 1.74. The molecule has 4 rings (SSSR count). The van der Waals surface area contributed by atoms with Gasteiger partial charge in [-0.25, -0.2) is 13.2 Å². The van der Waals surface area contributed by atoms with Crippen LogP contribution in [0.1, 0.15) is 42.0 Å². The van der Waals surface area contributed by atoms with E-state index in [1.165, 1.54) is 12.1 Å². The molecule has 0 saturated carbocycles. The largest absolute Gasteiger partial charge is 0.450 e. The summed E-state index contributed by atoms with van der Waals surface area (Å²) in [6.45, 7) is 5.55. The van der Waals surface area contributed by atoms with Gasteiger partial charge in [0.15, 0.2) is 23.1 Å². The van der Waals surface area contributed by atoms with E-state index < -0.39 is 23.3 Å². The highest BCUT2D eigenvalue weighted by atomic mass is 19.2. The smallest absolute Gasteiger partial charge is 0.202 e. The van der Waals surface area contributed by atoms with Crippen LogP contribution in [0.3, 0.4) is 0 Å². The fraction of sp³-hybridized carbons (Fsp3) is 0.231. The zero-order chi connectivity index (χ0) is 22.1. The number of benzene rings is 3. The molecule has 0 radical (unpaired) electrons. The summed E-state index contributed by atoms with van der Waals surface area (Å²) >= 11 is 0. The second-order valence-electron chi connectivity index (χ2n) is 7.73. The van der Waals surface area contributed by atoms with Gasteiger partial charge in [0.05, 0.1) is 0 Å². The second-order valence-corrected chi connectivity index (χ2v) is 7.73. The molecule has 0 aromatic heterocycles. The van der Waals surface area contributed by atoms with Crippen molar-refractivity contribution in [3.8, 4) is 22.6 Å². The van der Waals surface area contributed by atoms with E-state index in [9.17, 15) is 17.6 Å². The third-order valence-corrected chi connectivity index (χ3v) is 5.58.